The van der Waals surface area contributed by atoms with Crippen molar-refractivity contribution in [2.75, 3.05) is 0 Å². The van der Waals surface area contributed by atoms with Crippen LogP contribution in [0.1, 0.15) is 25.5 Å². The van der Waals surface area contributed by atoms with Gasteiger partial charge in [0.05, 0.1) is 5.69 Å². The Labute approximate surface area is 107 Å². The minimum Gasteiger partial charge on any atom is -0.481 e. The highest BCUT2D eigenvalue weighted by atomic mass is 32.1. The lowest BCUT2D eigenvalue weighted by molar-refractivity contribution is -0.137. The number of aromatic nitrogens is 6. The van der Waals surface area contributed by atoms with E-state index < -0.39 is 5.97 Å². The van der Waals surface area contributed by atoms with Crippen molar-refractivity contribution in [1.82, 2.24) is 29.8 Å². The van der Waals surface area contributed by atoms with Crippen LogP contribution in [0, 0.1) is 0 Å². The molecular formula is C9H12N6O2S. The van der Waals surface area contributed by atoms with Crippen LogP contribution in [0.5, 0.6) is 0 Å². The van der Waals surface area contributed by atoms with Gasteiger partial charge in [-0.25, -0.2) is 4.68 Å². The smallest absolute Gasteiger partial charge is 0.303 e. The van der Waals surface area contributed by atoms with Gasteiger partial charge in [0.1, 0.15) is 4.88 Å². The molecule has 0 bridgehead atoms. The van der Waals surface area contributed by atoms with Crippen molar-refractivity contribution in [3.63, 3.8) is 0 Å². The Morgan fingerprint density at radius 1 is 1.44 bits per heavy atom. The standard InChI is InChI=1S/C9H12N6O2S/c1-2-6-8(18-14-10-6)9-11-12-13-15(9)5-3-4-7(16)17/h2-5H2,1H3,(H,16,17). The van der Waals surface area contributed by atoms with Gasteiger partial charge in [0.25, 0.3) is 0 Å². The number of nitrogens with zero attached hydrogens (tertiary/aromatic N) is 6. The average Bonchev–Trinajstić information content (AvgIpc) is 2.95. The predicted molar refractivity (Wildman–Crippen MR) is 63.0 cm³/mol. The second kappa shape index (κ2) is 5.63. The van der Waals surface area contributed by atoms with Gasteiger partial charge in [-0.05, 0) is 34.8 Å². The lowest BCUT2D eigenvalue weighted by Crippen LogP contribution is -2.05. The number of carbonyl (C=O) groups is 1. The maximum absolute atomic E-state index is 10.5. The van der Waals surface area contributed by atoms with Crippen molar-refractivity contribution in [2.24, 2.45) is 0 Å². The van der Waals surface area contributed by atoms with Gasteiger partial charge in [-0.1, -0.05) is 11.4 Å². The van der Waals surface area contributed by atoms with E-state index in [0.29, 0.717) is 18.8 Å². The Morgan fingerprint density at radius 3 is 3.00 bits per heavy atom. The average molecular weight is 268 g/mol. The molecule has 0 saturated heterocycles. The second-order valence-electron chi connectivity index (χ2n) is 3.63. The molecule has 0 aromatic carbocycles. The third-order valence-electron chi connectivity index (χ3n) is 2.39. The number of tetrazole rings is 1. The van der Waals surface area contributed by atoms with Crippen LogP contribution in [0.15, 0.2) is 0 Å². The van der Waals surface area contributed by atoms with Gasteiger partial charge in [-0.3, -0.25) is 4.79 Å². The number of carboxylic acids is 1. The molecule has 0 radical (unpaired) electrons. The second-order valence-corrected chi connectivity index (χ2v) is 4.38. The molecule has 0 unspecified atom stereocenters. The lowest BCUT2D eigenvalue weighted by Gasteiger charge is -2.01. The highest BCUT2D eigenvalue weighted by Crippen LogP contribution is 2.23. The normalized spacial score (nSPS) is 10.7. The zero-order chi connectivity index (χ0) is 13.0. The summed E-state index contributed by atoms with van der Waals surface area (Å²) in [4.78, 5) is 11.3. The van der Waals surface area contributed by atoms with Crippen LogP contribution < -0.4 is 0 Å². The summed E-state index contributed by atoms with van der Waals surface area (Å²) in [6.07, 6.45) is 1.34. The van der Waals surface area contributed by atoms with Crippen LogP contribution in [0.3, 0.4) is 0 Å². The first-order valence-corrected chi connectivity index (χ1v) is 6.29. The Hall–Kier alpha value is -1.90. The van der Waals surface area contributed by atoms with Crippen molar-refractivity contribution < 1.29 is 9.90 Å². The van der Waals surface area contributed by atoms with Crippen LogP contribution >= 0.6 is 11.5 Å². The van der Waals surface area contributed by atoms with Gasteiger partial charge in [-0.15, -0.1) is 10.2 Å². The summed E-state index contributed by atoms with van der Waals surface area (Å²) >= 11 is 1.25. The summed E-state index contributed by atoms with van der Waals surface area (Å²) in [5, 5.41) is 24.0. The lowest BCUT2D eigenvalue weighted by atomic mass is 10.3. The van der Waals surface area contributed by atoms with Crippen molar-refractivity contribution in [3.05, 3.63) is 5.69 Å². The molecule has 0 fully saturated rings. The van der Waals surface area contributed by atoms with E-state index in [9.17, 15) is 4.79 Å². The Bertz CT molecular complexity index is 537. The third kappa shape index (κ3) is 2.67. The highest BCUT2D eigenvalue weighted by Gasteiger charge is 2.16. The fourth-order valence-electron chi connectivity index (χ4n) is 1.51. The molecule has 2 heterocycles. The van der Waals surface area contributed by atoms with Crippen molar-refractivity contribution in [2.45, 2.75) is 32.7 Å². The first kappa shape index (κ1) is 12.6. The molecule has 2 aromatic heterocycles. The molecule has 0 aliphatic carbocycles. The van der Waals surface area contributed by atoms with Crippen molar-refractivity contribution in [3.8, 4) is 10.7 Å². The maximum Gasteiger partial charge on any atom is 0.303 e. The number of carboxylic acid groups (broad SMARTS) is 1. The van der Waals surface area contributed by atoms with Gasteiger partial charge in [0.2, 0.25) is 0 Å². The maximum atomic E-state index is 10.5. The molecule has 9 heteroatoms. The number of aryl methyl sites for hydroxylation is 2. The van der Waals surface area contributed by atoms with E-state index in [4.69, 9.17) is 5.11 Å². The van der Waals surface area contributed by atoms with Gasteiger partial charge in [-0.2, -0.15) is 0 Å². The quantitative estimate of drug-likeness (QED) is 0.818. The first-order chi connectivity index (χ1) is 8.72. The summed E-state index contributed by atoms with van der Waals surface area (Å²) < 4.78 is 5.48. The SMILES string of the molecule is CCc1nnsc1-c1nnnn1CCCC(=O)O. The highest BCUT2D eigenvalue weighted by molar-refractivity contribution is 7.09. The first-order valence-electron chi connectivity index (χ1n) is 5.52. The van der Waals surface area contributed by atoms with Crippen molar-refractivity contribution in [1.29, 1.82) is 0 Å². The number of aliphatic carboxylic acids is 1. The minimum atomic E-state index is -0.821. The summed E-state index contributed by atoms with van der Waals surface area (Å²) in [6.45, 7) is 2.45. The minimum absolute atomic E-state index is 0.0981. The van der Waals surface area contributed by atoms with Crippen LogP contribution in [-0.4, -0.2) is 40.9 Å². The Kier molecular flexibility index (Phi) is 3.92. The molecule has 0 atom stereocenters. The molecule has 0 spiro atoms. The fourth-order valence-corrected chi connectivity index (χ4v) is 2.25. The summed E-state index contributed by atoms with van der Waals surface area (Å²) in [5.74, 6) is -0.217. The largest absolute Gasteiger partial charge is 0.481 e. The summed E-state index contributed by atoms with van der Waals surface area (Å²) in [7, 11) is 0. The van der Waals surface area contributed by atoms with E-state index in [1.54, 1.807) is 4.68 Å². The van der Waals surface area contributed by atoms with E-state index in [2.05, 4.69) is 25.1 Å². The van der Waals surface area contributed by atoms with Gasteiger partial charge in [0.15, 0.2) is 5.82 Å². The van der Waals surface area contributed by atoms with E-state index in [-0.39, 0.29) is 6.42 Å². The summed E-state index contributed by atoms with van der Waals surface area (Å²) in [5.41, 5.74) is 0.856. The Morgan fingerprint density at radius 2 is 2.28 bits per heavy atom. The molecule has 0 aliphatic rings. The monoisotopic (exact) mass is 268 g/mol. The molecule has 2 aromatic rings. The van der Waals surface area contributed by atoms with Crippen LogP contribution in [0.2, 0.25) is 0 Å². The number of rotatable bonds is 6. The molecular weight excluding hydrogens is 256 g/mol. The van der Waals surface area contributed by atoms with Crippen LogP contribution in [-0.2, 0) is 17.8 Å². The Balaban J connectivity index is 2.15. The molecule has 8 nitrogen and oxygen atoms in total. The zero-order valence-corrected chi connectivity index (χ0v) is 10.6. The molecule has 18 heavy (non-hydrogen) atoms. The number of hydrogen-bond donors (Lipinski definition) is 1. The van der Waals surface area contributed by atoms with Gasteiger partial charge >= 0.3 is 5.97 Å². The predicted octanol–water partition coefficient (Wildman–Crippen LogP) is 0.619. The molecule has 2 rings (SSSR count). The fraction of sp³-hybridized carbons (Fsp3) is 0.556. The molecule has 1 N–H and O–H groups in total. The topological polar surface area (TPSA) is 107 Å². The van der Waals surface area contributed by atoms with Crippen LogP contribution in [0.4, 0.5) is 0 Å². The molecule has 96 valence electrons. The van der Waals surface area contributed by atoms with Gasteiger partial charge < -0.3 is 5.11 Å². The zero-order valence-electron chi connectivity index (χ0n) is 9.78. The molecule has 0 saturated carbocycles. The van der Waals surface area contributed by atoms with Gasteiger partial charge in [0, 0.05) is 13.0 Å². The van der Waals surface area contributed by atoms with Crippen molar-refractivity contribution >= 4 is 17.5 Å². The molecule has 0 amide bonds. The molecule has 0 aliphatic heterocycles. The third-order valence-corrected chi connectivity index (χ3v) is 3.15. The number of hydrogen-bond acceptors (Lipinski definition) is 7. The van der Waals surface area contributed by atoms with E-state index in [1.165, 1.54) is 11.5 Å². The van der Waals surface area contributed by atoms with E-state index in [0.717, 1.165) is 17.0 Å². The van der Waals surface area contributed by atoms with E-state index >= 15 is 0 Å². The van der Waals surface area contributed by atoms with Crippen LogP contribution in [0.25, 0.3) is 10.7 Å². The van der Waals surface area contributed by atoms with E-state index in [1.807, 2.05) is 6.92 Å². The summed E-state index contributed by atoms with van der Waals surface area (Å²) in [6, 6.07) is 0.